The summed E-state index contributed by atoms with van der Waals surface area (Å²) in [6, 6.07) is 9.60. The minimum atomic E-state index is -0.712. The lowest BCUT2D eigenvalue weighted by molar-refractivity contribution is -0.150. The molecular formula is C17H17NO6. The number of furan rings is 1. The van der Waals surface area contributed by atoms with Crippen molar-refractivity contribution in [1.82, 2.24) is 5.32 Å². The second kappa shape index (κ2) is 8.52. The molecule has 0 spiro atoms. The minimum absolute atomic E-state index is 0.278. The molecule has 1 aromatic heterocycles. The van der Waals surface area contributed by atoms with Gasteiger partial charge in [-0.1, -0.05) is 12.1 Å². The van der Waals surface area contributed by atoms with E-state index in [0.717, 1.165) is 0 Å². The highest BCUT2D eigenvalue weighted by Gasteiger charge is 2.14. The first-order valence-corrected chi connectivity index (χ1v) is 7.25. The van der Waals surface area contributed by atoms with E-state index in [4.69, 9.17) is 13.9 Å². The van der Waals surface area contributed by atoms with Gasteiger partial charge in [-0.2, -0.15) is 0 Å². The molecule has 0 aliphatic carbocycles. The van der Waals surface area contributed by atoms with Gasteiger partial charge in [0.15, 0.2) is 19.5 Å². The van der Waals surface area contributed by atoms with E-state index in [2.05, 4.69) is 5.32 Å². The summed E-state index contributed by atoms with van der Waals surface area (Å²) in [5.41, 5.74) is 0.329. The number of amides is 1. The lowest BCUT2D eigenvalue weighted by atomic mass is 10.2. The van der Waals surface area contributed by atoms with Crippen molar-refractivity contribution >= 4 is 18.2 Å². The number of para-hydroxylation sites is 1. The van der Waals surface area contributed by atoms with Crippen molar-refractivity contribution in [2.45, 2.75) is 13.0 Å². The fraction of sp³-hybridized carbons (Fsp3) is 0.235. The molecule has 2 aromatic rings. The summed E-state index contributed by atoms with van der Waals surface area (Å²) in [6.07, 6.45) is 2.14. The van der Waals surface area contributed by atoms with Crippen LogP contribution in [0.2, 0.25) is 0 Å². The number of benzene rings is 1. The molecule has 0 fully saturated rings. The van der Waals surface area contributed by atoms with Gasteiger partial charge in [-0.3, -0.25) is 9.59 Å². The molecule has 0 bridgehead atoms. The lowest BCUT2D eigenvalue weighted by Crippen LogP contribution is -2.31. The minimum Gasteiger partial charge on any atom is -0.481 e. The number of rotatable bonds is 8. The molecule has 7 nitrogen and oxygen atoms in total. The molecule has 0 aliphatic heterocycles. The van der Waals surface area contributed by atoms with E-state index in [0.29, 0.717) is 17.6 Å². The predicted octanol–water partition coefficient (Wildman–Crippen LogP) is 1.89. The predicted molar refractivity (Wildman–Crippen MR) is 83.5 cm³/mol. The summed E-state index contributed by atoms with van der Waals surface area (Å²) in [5.74, 6) is -0.291. The van der Waals surface area contributed by atoms with Gasteiger partial charge in [-0.15, -0.1) is 0 Å². The SMILES string of the molecule is C[C@H](NC(=O)COC(=O)COc1ccccc1C=O)c1ccco1. The maximum atomic E-state index is 11.7. The highest BCUT2D eigenvalue weighted by Crippen LogP contribution is 2.15. The Morgan fingerprint density at radius 1 is 1.21 bits per heavy atom. The number of aldehydes is 1. The van der Waals surface area contributed by atoms with Crippen LogP contribution in [0.5, 0.6) is 5.75 Å². The Morgan fingerprint density at radius 2 is 2.00 bits per heavy atom. The van der Waals surface area contributed by atoms with Crippen molar-refractivity contribution in [2.75, 3.05) is 13.2 Å². The van der Waals surface area contributed by atoms with Crippen LogP contribution in [-0.4, -0.2) is 31.4 Å². The Bertz CT molecular complexity index is 695. The zero-order valence-corrected chi connectivity index (χ0v) is 13.1. The highest BCUT2D eigenvalue weighted by molar-refractivity contribution is 5.82. The quantitative estimate of drug-likeness (QED) is 0.586. The Morgan fingerprint density at radius 3 is 2.71 bits per heavy atom. The number of esters is 1. The molecule has 1 N–H and O–H groups in total. The van der Waals surface area contributed by atoms with Crippen LogP contribution >= 0.6 is 0 Å². The first-order valence-electron chi connectivity index (χ1n) is 7.25. The van der Waals surface area contributed by atoms with Crippen LogP contribution in [0.4, 0.5) is 0 Å². The first-order chi connectivity index (χ1) is 11.6. The van der Waals surface area contributed by atoms with Crippen molar-refractivity contribution in [3.63, 3.8) is 0 Å². The van der Waals surface area contributed by atoms with Gasteiger partial charge in [0.25, 0.3) is 5.91 Å². The molecule has 126 valence electrons. The maximum Gasteiger partial charge on any atom is 0.344 e. The van der Waals surface area contributed by atoms with Crippen molar-refractivity contribution < 1.29 is 28.3 Å². The number of hydrogen-bond donors (Lipinski definition) is 1. The van der Waals surface area contributed by atoms with E-state index in [1.165, 1.54) is 6.26 Å². The Kier molecular flexibility index (Phi) is 6.13. The third kappa shape index (κ3) is 4.98. The Hall–Kier alpha value is -3.09. The third-order valence-electron chi connectivity index (χ3n) is 3.10. The van der Waals surface area contributed by atoms with Gasteiger partial charge in [0.2, 0.25) is 0 Å². The first kappa shape index (κ1) is 17.3. The van der Waals surface area contributed by atoms with E-state index in [1.54, 1.807) is 43.3 Å². The van der Waals surface area contributed by atoms with Crippen molar-refractivity contribution in [3.05, 3.63) is 54.0 Å². The third-order valence-corrected chi connectivity index (χ3v) is 3.10. The van der Waals surface area contributed by atoms with Crippen LogP contribution < -0.4 is 10.1 Å². The second-order valence-electron chi connectivity index (χ2n) is 4.91. The molecule has 0 saturated heterocycles. The molecule has 1 heterocycles. The van der Waals surface area contributed by atoms with Gasteiger partial charge < -0.3 is 19.2 Å². The number of ether oxygens (including phenoxy) is 2. The molecule has 1 atom stereocenters. The van der Waals surface area contributed by atoms with E-state index >= 15 is 0 Å². The molecule has 24 heavy (non-hydrogen) atoms. The fourth-order valence-corrected chi connectivity index (χ4v) is 1.93. The topological polar surface area (TPSA) is 94.8 Å². The second-order valence-corrected chi connectivity index (χ2v) is 4.91. The summed E-state index contributed by atoms with van der Waals surface area (Å²) >= 11 is 0. The average molecular weight is 331 g/mol. The molecular weight excluding hydrogens is 314 g/mol. The average Bonchev–Trinajstić information content (AvgIpc) is 3.13. The van der Waals surface area contributed by atoms with Crippen LogP contribution in [0.1, 0.15) is 29.1 Å². The van der Waals surface area contributed by atoms with Crippen LogP contribution in [0.25, 0.3) is 0 Å². The van der Waals surface area contributed by atoms with Crippen LogP contribution in [0.15, 0.2) is 47.1 Å². The number of carbonyl (C=O) groups excluding carboxylic acids is 3. The number of hydrogen-bond acceptors (Lipinski definition) is 6. The summed E-state index contributed by atoms with van der Waals surface area (Å²) in [5, 5.41) is 2.63. The molecule has 1 amide bonds. The van der Waals surface area contributed by atoms with E-state index in [-0.39, 0.29) is 11.8 Å². The maximum absolute atomic E-state index is 11.7. The van der Waals surface area contributed by atoms with E-state index < -0.39 is 25.1 Å². The highest BCUT2D eigenvalue weighted by atomic mass is 16.6. The molecule has 0 unspecified atom stereocenters. The van der Waals surface area contributed by atoms with Gasteiger partial charge in [0, 0.05) is 0 Å². The van der Waals surface area contributed by atoms with Gasteiger partial charge in [0.05, 0.1) is 17.9 Å². The molecule has 2 rings (SSSR count). The van der Waals surface area contributed by atoms with Crippen LogP contribution in [0.3, 0.4) is 0 Å². The zero-order chi connectivity index (χ0) is 17.4. The van der Waals surface area contributed by atoms with Gasteiger partial charge in [-0.25, -0.2) is 4.79 Å². The van der Waals surface area contributed by atoms with Gasteiger partial charge in [0.1, 0.15) is 11.5 Å². The molecule has 0 radical (unpaired) electrons. The summed E-state index contributed by atoms with van der Waals surface area (Å²) in [7, 11) is 0. The van der Waals surface area contributed by atoms with Crippen LogP contribution in [-0.2, 0) is 14.3 Å². The lowest BCUT2D eigenvalue weighted by Gasteiger charge is -2.12. The zero-order valence-electron chi connectivity index (χ0n) is 13.1. The van der Waals surface area contributed by atoms with Gasteiger partial charge in [-0.05, 0) is 31.2 Å². The fourth-order valence-electron chi connectivity index (χ4n) is 1.93. The number of nitrogens with one attached hydrogen (secondary N) is 1. The smallest absolute Gasteiger partial charge is 0.344 e. The van der Waals surface area contributed by atoms with Crippen molar-refractivity contribution in [1.29, 1.82) is 0 Å². The summed E-state index contributed by atoms with van der Waals surface area (Å²) < 4.78 is 15.2. The van der Waals surface area contributed by atoms with Crippen molar-refractivity contribution in [2.24, 2.45) is 0 Å². The Labute approximate surface area is 138 Å². The van der Waals surface area contributed by atoms with Crippen LogP contribution in [0, 0.1) is 0 Å². The molecule has 1 aromatic carbocycles. The Balaban J connectivity index is 1.72. The van der Waals surface area contributed by atoms with E-state index in [1.807, 2.05) is 0 Å². The number of carbonyl (C=O) groups is 3. The van der Waals surface area contributed by atoms with E-state index in [9.17, 15) is 14.4 Å². The summed E-state index contributed by atoms with van der Waals surface area (Å²) in [6.45, 7) is 0.923. The molecule has 0 saturated carbocycles. The summed E-state index contributed by atoms with van der Waals surface area (Å²) in [4.78, 5) is 34.1. The molecule has 0 aliphatic rings. The largest absolute Gasteiger partial charge is 0.481 e. The normalized spacial score (nSPS) is 11.4. The van der Waals surface area contributed by atoms with Crippen molar-refractivity contribution in [3.8, 4) is 5.75 Å². The monoisotopic (exact) mass is 331 g/mol. The standard InChI is InChI=1S/C17H17NO6/c1-12(14-7-4-8-22-14)18-16(20)10-24-17(21)11-23-15-6-3-2-5-13(15)9-19/h2-9,12H,10-11H2,1H3,(H,18,20)/t12-/m0/s1. The van der Waals surface area contributed by atoms with Gasteiger partial charge >= 0.3 is 5.97 Å². The molecule has 7 heteroatoms.